The molecule has 208 valence electrons. The number of benzene rings is 2. The first-order valence-corrected chi connectivity index (χ1v) is 14.5. The number of unbranched alkanes of at least 4 members (excludes halogenated alkanes) is 6. The molecule has 0 amide bonds. The van der Waals surface area contributed by atoms with Crippen LogP contribution in [-0.4, -0.2) is 59.1 Å². The van der Waals surface area contributed by atoms with Gasteiger partial charge in [0.25, 0.3) is 0 Å². The number of aliphatic hydroxyl groups excluding tert-OH is 4. The van der Waals surface area contributed by atoms with E-state index in [0.29, 0.717) is 11.5 Å². The molecule has 1 aromatic heterocycles. The number of thiophene rings is 1. The largest absolute Gasteiger partial charge is 0.491 e. The van der Waals surface area contributed by atoms with Gasteiger partial charge in [0, 0.05) is 9.75 Å². The molecule has 2 unspecified atom stereocenters. The normalized spacial score (nSPS) is 12.9. The van der Waals surface area contributed by atoms with Gasteiger partial charge in [0.1, 0.15) is 36.9 Å². The van der Waals surface area contributed by atoms with Crippen LogP contribution in [-0.2, 0) is 6.42 Å². The highest BCUT2D eigenvalue weighted by Crippen LogP contribution is 2.40. The lowest BCUT2D eigenvalue weighted by Crippen LogP contribution is -2.21. The standard InChI is InChI=1S/C31H42O6S/c1-2-3-4-5-6-7-8-9-25-18-30(23-10-14-28(15-11-23)36-21-26(34)19-32)38-31(25)24-12-16-29(17-13-24)37-22-27(35)20-33/h10-18,26-27,32-35H,2-9,19-22H2,1H3. The Balaban J connectivity index is 1.73. The van der Waals surface area contributed by atoms with Gasteiger partial charge >= 0.3 is 0 Å². The predicted octanol–water partition coefficient (Wildman–Crippen LogP) is 5.84. The van der Waals surface area contributed by atoms with E-state index in [9.17, 15) is 10.2 Å². The zero-order valence-electron chi connectivity index (χ0n) is 22.3. The van der Waals surface area contributed by atoms with Gasteiger partial charge in [-0.2, -0.15) is 0 Å². The first-order chi connectivity index (χ1) is 18.5. The molecular formula is C31H42O6S. The number of rotatable bonds is 18. The summed E-state index contributed by atoms with van der Waals surface area (Å²) in [5.74, 6) is 1.32. The second kappa shape index (κ2) is 16.5. The maximum absolute atomic E-state index is 9.54. The highest BCUT2D eigenvalue weighted by Gasteiger charge is 2.14. The van der Waals surface area contributed by atoms with Crippen molar-refractivity contribution in [2.75, 3.05) is 26.4 Å². The van der Waals surface area contributed by atoms with Crippen LogP contribution in [0.4, 0.5) is 0 Å². The molecule has 1 heterocycles. The second-order valence-electron chi connectivity index (χ2n) is 9.68. The van der Waals surface area contributed by atoms with Crippen LogP contribution < -0.4 is 9.47 Å². The zero-order valence-corrected chi connectivity index (χ0v) is 23.2. The van der Waals surface area contributed by atoms with Gasteiger partial charge < -0.3 is 29.9 Å². The van der Waals surface area contributed by atoms with E-state index in [1.54, 1.807) is 11.3 Å². The molecule has 0 aliphatic heterocycles. The molecule has 6 nitrogen and oxygen atoms in total. The molecule has 3 aromatic rings. The van der Waals surface area contributed by atoms with Gasteiger partial charge in [-0.15, -0.1) is 11.3 Å². The number of aryl methyl sites for hydroxylation is 1. The van der Waals surface area contributed by atoms with E-state index in [4.69, 9.17) is 19.7 Å². The van der Waals surface area contributed by atoms with Gasteiger partial charge in [0.2, 0.25) is 0 Å². The van der Waals surface area contributed by atoms with Crippen molar-refractivity contribution < 1.29 is 29.9 Å². The quantitative estimate of drug-likeness (QED) is 0.151. The molecule has 2 aromatic carbocycles. The van der Waals surface area contributed by atoms with Crippen molar-refractivity contribution in [2.45, 2.75) is 70.5 Å². The smallest absolute Gasteiger partial charge is 0.119 e. The highest BCUT2D eigenvalue weighted by atomic mass is 32.1. The van der Waals surface area contributed by atoms with Crippen LogP contribution in [0.2, 0.25) is 0 Å². The molecule has 0 saturated carbocycles. The van der Waals surface area contributed by atoms with Crippen molar-refractivity contribution in [3.63, 3.8) is 0 Å². The number of aliphatic hydroxyl groups is 4. The minimum atomic E-state index is -0.889. The summed E-state index contributed by atoms with van der Waals surface area (Å²) in [6.07, 6.45) is 8.16. The maximum atomic E-state index is 9.54. The Kier molecular flexibility index (Phi) is 13.1. The van der Waals surface area contributed by atoms with Crippen LogP contribution in [0, 0.1) is 0 Å². The van der Waals surface area contributed by atoms with E-state index < -0.39 is 12.2 Å². The Hall–Kier alpha value is -2.42. The molecule has 0 aliphatic carbocycles. The molecule has 0 radical (unpaired) electrons. The fourth-order valence-electron chi connectivity index (χ4n) is 4.18. The Labute approximate surface area is 230 Å². The summed E-state index contributed by atoms with van der Waals surface area (Å²) in [6.45, 7) is 1.71. The molecule has 0 saturated heterocycles. The van der Waals surface area contributed by atoms with Crippen LogP contribution in [0.5, 0.6) is 11.5 Å². The molecular weight excluding hydrogens is 500 g/mol. The summed E-state index contributed by atoms with van der Waals surface area (Å²) < 4.78 is 11.1. The number of hydrogen-bond acceptors (Lipinski definition) is 7. The predicted molar refractivity (Wildman–Crippen MR) is 154 cm³/mol. The van der Waals surface area contributed by atoms with E-state index in [1.807, 2.05) is 48.5 Å². The monoisotopic (exact) mass is 542 g/mol. The minimum Gasteiger partial charge on any atom is -0.491 e. The Morgan fingerprint density at radius 2 is 1.18 bits per heavy atom. The minimum absolute atomic E-state index is 0.0558. The van der Waals surface area contributed by atoms with Gasteiger partial charge in [-0.1, -0.05) is 45.4 Å². The summed E-state index contributed by atoms with van der Waals surface area (Å²) in [5.41, 5.74) is 3.58. The molecule has 0 bridgehead atoms. The average molecular weight is 543 g/mol. The third kappa shape index (κ3) is 9.71. The summed E-state index contributed by atoms with van der Waals surface area (Å²) in [4.78, 5) is 2.44. The molecule has 7 heteroatoms. The lowest BCUT2D eigenvalue weighted by molar-refractivity contribution is 0.0536. The van der Waals surface area contributed by atoms with E-state index in [0.717, 1.165) is 24.0 Å². The fourth-order valence-corrected chi connectivity index (χ4v) is 5.40. The average Bonchev–Trinajstić information content (AvgIpc) is 3.38. The first kappa shape index (κ1) is 30.1. The van der Waals surface area contributed by atoms with E-state index in [1.165, 1.54) is 53.8 Å². The van der Waals surface area contributed by atoms with Crippen molar-refractivity contribution in [3.05, 3.63) is 60.2 Å². The van der Waals surface area contributed by atoms with Crippen LogP contribution in [0.1, 0.15) is 57.4 Å². The van der Waals surface area contributed by atoms with Crippen LogP contribution in [0.3, 0.4) is 0 Å². The van der Waals surface area contributed by atoms with Crippen molar-refractivity contribution in [1.29, 1.82) is 0 Å². The SMILES string of the molecule is CCCCCCCCCc1cc(-c2ccc(OCC(O)CO)cc2)sc1-c1ccc(OCC(O)CO)cc1. The fraction of sp³-hybridized carbons (Fsp3) is 0.484. The third-order valence-corrected chi connectivity index (χ3v) is 7.70. The van der Waals surface area contributed by atoms with Crippen molar-refractivity contribution in [1.82, 2.24) is 0 Å². The molecule has 3 rings (SSSR count). The van der Waals surface area contributed by atoms with Crippen LogP contribution in [0.25, 0.3) is 20.9 Å². The topological polar surface area (TPSA) is 99.4 Å². The Morgan fingerprint density at radius 1 is 0.684 bits per heavy atom. The maximum Gasteiger partial charge on any atom is 0.119 e. The third-order valence-electron chi connectivity index (χ3n) is 6.42. The van der Waals surface area contributed by atoms with Crippen molar-refractivity contribution in [2.24, 2.45) is 0 Å². The zero-order chi connectivity index (χ0) is 27.2. The van der Waals surface area contributed by atoms with Crippen molar-refractivity contribution >= 4 is 11.3 Å². The van der Waals surface area contributed by atoms with E-state index >= 15 is 0 Å². The summed E-state index contributed by atoms with van der Waals surface area (Å²) >= 11 is 1.77. The molecule has 0 spiro atoms. The van der Waals surface area contributed by atoms with E-state index in [2.05, 4.69) is 13.0 Å². The Morgan fingerprint density at radius 3 is 1.71 bits per heavy atom. The molecule has 2 atom stereocenters. The van der Waals surface area contributed by atoms with Gasteiger partial charge in [-0.25, -0.2) is 0 Å². The molecule has 4 N–H and O–H groups in total. The number of ether oxygens (including phenoxy) is 2. The van der Waals surface area contributed by atoms with E-state index in [-0.39, 0.29) is 26.4 Å². The van der Waals surface area contributed by atoms with Gasteiger partial charge in [0.15, 0.2) is 0 Å². The number of hydrogen-bond donors (Lipinski definition) is 4. The van der Waals surface area contributed by atoms with Crippen LogP contribution >= 0.6 is 11.3 Å². The highest BCUT2D eigenvalue weighted by molar-refractivity contribution is 7.19. The lowest BCUT2D eigenvalue weighted by atomic mass is 10.0. The van der Waals surface area contributed by atoms with Gasteiger partial charge in [-0.3, -0.25) is 0 Å². The summed E-state index contributed by atoms with van der Waals surface area (Å²) in [7, 11) is 0. The second-order valence-corrected chi connectivity index (χ2v) is 10.7. The molecule has 0 fully saturated rings. The molecule has 38 heavy (non-hydrogen) atoms. The Bertz CT molecular complexity index is 1050. The summed E-state index contributed by atoms with van der Waals surface area (Å²) in [6, 6.07) is 18.0. The van der Waals surface area contributed by atoms with Gasteiger partial charge in [-0.05, 0) is 84.1 Å². The van der Waals surface area contributed by atoms with Crippen LogP contribution in [0.15, 0.2) is 54.6 Å². The lowest BCUT2D eigenvalue weighted by Gasteiger charge is -2.10. The van der Waals surface area contributed by atoms with Crippen molar-refractivity contribution in [3.8, 4) is 32.4 Å². The molecule has 0 aliphatic rings. The summed E-state index contributed by atoms with van der Waals surface area (Å²) in [5, 5.41) is 37.0. The first-order valence-electron chi connectivity index (χ1n) is 13.7. The van der Waals surface area contributed by atoms with Gasteiger partial charge in [0.05, 0.1) is 13.2 Å².